The van der Waals surface area contributed by atoms with Crippen LogP contribution in [-0.2, 0) is 22.6 Å². The Morgan fingerprint density at radius 2 is 1.66 bits per heavy atom. The number of rotatable bonds is 6. The average molecular weight is 392 g/mol. The molecule has 0 aromatic heterocycles. The Balaban J connectivity index is 1.21. The van der Waals surface area contributed by atoms with Gasteiger partial charge in [-0.1, -0.05) is 42.5 Å². The largest absolute Gasteiger partial charge is 0.353 e. The Hall–Kier alpha value is -2.66. The maximum Gasteiger partial charge on any atom is 0.227 e. The van der Waals surface area contributed by atoms with Crippen molar-refractivity contribution in [3.8, 4) is 0 Å². The fraction of sp³-hybridized carbons (Fsp3) is 0.417. The third-order valence-electron chi connectivity index (χ3n) is 5.89. The molecule has 5 nitrogen and oxygen atoms in total. The van der Waals surface area contributed by atoms with Gasteiger partial charge in [-0.05, 0) is 42.5 Å². The van der Waals surface area contributed by atoms with Crippen LogP contribution in [0.4, 0.5) is 5.69 Å². The number of hydrogen-bond acceptors (Lipinski definition) is 3. The predicted molar refractivity (Wildman–Crippen MR) is 115 cm³/mol. The highest BCUT2D eigenvalue weighted by molar-refractivity contribution is 5.95. The van der Waals surface area contributed by atoms with Gasteiger partial charge in [-0.25, -0.2) is 0 Å². The van der Waals surface area contributed by atoms with Crippen molar-refractivity contribution >= 4 is 17.5 Å². The molecular formula is C24H29N3O2. The van der Waals surface area contributed by atoms with Gasteiger partial charge in [-0.2, -0.15) is 0 Å². The number of carbonyl (C=O) groups excluding carboxylic acids is 2. The van der Waals surface area contributed by atoms with E-state index >= 15 is 0 Å². The molecule has 2 aliphatic rings. The van der Waals surface area contributed by atoms with Crippen molar-refractivity contribution in [3.63, 3.8) is 0 Å². The van der Waals surface area contributed by atoms with E-state index in [-0.39, 0.29) is 17.9 Å². The molecule has 152 valence electrons. The van der Waals surface area contributed by atoms with Crippen LogP contribution in [0.15, 0.2) is 54.6 Å². The zero-order chi connectivity index (χ0) is 20.1. The first-order chi connectivity index (χ1) is 14.2. The van der Waals surface area contributed by atoms with Gasteiger partial charge in [-0.3, -0.25) is 14.5 Å². The van der Waals surface area contributed by atoms with Crippen molar-refractivity contribution in [1.29, 1.82) is 0 Å². The van der Waals surface area contributed by atoms with E-state index in [1.807, 2.05) is 35.2 Å². The number of likely N-dealkylation sites (tertiary alicyclic amines) is 1. The normalized spacial score (nSPS) is 18.2. The summed E-state index contributed by atoms with van der Waals surface area (Å²) in [6, 6.07) is 18.6. The Bertz CT molecular complexity index is 827. The van der Waals surface area contributed by atoms with Crippen LogP contribution in [0.3, 0.4) is 0 Å². The summed E-state index contributed by atoms with van der Waals surface area (Å²) >= 11 is 0. The van der Waals surface area contributed by atoms with E-state index in [9.17, 15) is 9.59 Å². The Kier molecular flexibility index (Phi) is 6.25. The molecule has 0 radical (unpaired) electrons. The molecule has 2 saturated heterocycles. The summed E-state index contributed by atoms with van der Waals surface area (Å²) in [6.07, 6.45) is 3.93. The summed E-state index contributed by atoms with van der Waals surface area (Å²) in [7, 11) is 0. The molecule has 2 heterocycles. The van der Waals surface area contributed by atoms with E-state index in [4.69, 9.17) is 0 Å². The first-order valence-electron chi connectivity index (χ1n) is 10.6. The maximum atomic E-state index is 12.5. The molecule has 0 bridgehead atoms. The predicted octanol–water partition coefficient (Wildman–Crippen LogP) is 3.14. The van der Waals surface area contributed by atoms with Gasteiger partial charge in [0.1, 0.15) is 0 Å². The Labute approximate surface area is 172 Å². The summed E-state index contributed by atoms with van der Waals surface area (Å²) in [6.45, 7) is 3.80. The van der Waals surface area contributed by atoms with Gasteiger partial charge in [0.15, 0.2) is 0 Å². The van der Waals surface area contributed by atoms with Crippen LogP contribution in [0.1, 0.15) is 36.8 Å². The monoisotopic (exact) mass is 391 g/mol. The third-order valence-corrected chi connectivity index (χ3v) is 5.89. The molecule has 0 atom stereocenters. The second-order valence-corrected chi connectivity index (χ2v) is 8.10. The molecule has 2 fully saturated rings. The van der Waals surface area contributed by atoms with Crippen molar-refractivity contribution in [2.24, 2.45) is 0 Å². The number of nitrogens with zero attached hydrogens (tertiary/aromatic N) is 2. The first kappa shape index (κ1) is 19.6. The molecule has 2 aromatic carbocycles. The Morgan fingerprint density at radius 1 is 0.931 bits per heavy atom. The number of nitrogens with one attached hydrogen (secondary N) is 1. The molecule has 0 unspecified atom stereocenters. The molecule has 4 rings (SSSR count). The fourth-order valence-corrected chi connectivity index (χ4v) is 4.26. The van der Waals surface area contributed by atoms with E-state index in [0.717, 1.165) is 56.7 Å². The molecule has 2 amide bonds. The van der Waals surface area contributed by atoms with E-state index < -0.39 is 0 Å². The summed E-state index contributed by atoms with van der Waals surface area (Å²) in [5.74, 6) is 0.269. The second kappa shape index (κ2) is 9.23. The van der Waals surface area contributed by atoms with E-state index in [2.05, 4.69) is 34.5 Å². The number of carbonyl (C=O) groups is 2. The van der Waals surface area contributed by atoms with Crippen molar-refractivity contribution in [2.45, 2.75) is 44.7 Å². The summed E-state index contributed by atoms with van der Waals surface area (Å²) in [5.41, 5.74) is 3.26. The molecule has 5 heteroatoms. The van der Waals surface area contributed by atoms with Crippen LogP contribution >= 0.6 is 0 Å². The summed E-state index contributed by atoms with van der Waals surface area (Å²) in [5, 5.41) is 3.20. The van der Waals surface area contributed by atoms with Crippen LogP contribution in [0.25, 0.3) is 0 Å². The second-order valence-electron chi connectivity index (χ2n) is 8.10. The van der Waals surface area contributed by atoms with E-state index in [1.54, 1.807) is 0 Å². The van der Waals surface area contributed by atoms with Gasteiger partial charge in [0.05, 0.1) is 6.42 Å². The highest BCUT2D eigenvalue weighted by Gasteiger charge is 2.22. The molecule has 29 heavy (non-hydrogen) atoms. The number of amides is 2. The van der Waals surface area contributed by atoms with Crippen molar-refractivity contribution in [1.82, 2.24) is 10.2 Å². The van der Waals surface area contributed by atoms with Crippen LogP contribution in [-0.4, -0.2) is 42.4 Å². The SMILES string of the molecule is O=C(Cc1ccc(N2CCCC2=O)cc1)NC1CCN(Cc2ccccc2)CC1. The average Bonchev–Trinajstić information content (AvgIpc) is 3.17. The standard InChI is InChI=1S/C24H29N3O2/c28-23(17-19-8-10-22(11-9-19)27-14-4-7-24(27)29)25-21-12-15-26(16-13-21)18-20-5-2-1-3-6-20/h1-3,5-6,8-11,21H,4,7,12-18H2,(H,25,28). The lowest BCUT2D eigenvalue weighted by Crippen LogP contribution is -2.44. The number of hydrogen-bond donors (Lipinski definition) is 1. The topological polar surface area (TPSA) is 52.7 Å². The molecule has 0 aliphatic carbocycles. The van der Waals surface area contributed by atoms with Gasteiger partial charge >= 0.3 is 0 Å². The van der Waals surface area contributed by atoms with Crippen molar-refractivity contribution in [2.75, 3.05) is 24.5 Å². The highest BCUT2D eigenvalue weighted by Crippen LogP contribution is 2.22. The fourth-order valence-electron chi connectivity index (χ4n) is 4.26. The maximum absolute atomic E-state index is 12.5. The van der Waals surface area contributed by atoms with Crippen LogP contribution in [0.5, 0.6) is 0 Å². The van der Waals surface area contributed by atoms with Gasteiger partial charge in [0.2, 0.25) is 11.8 Å². The number of anilines is 1. The minimum atomic E-state index is 0.0801. The molecule has 2 aromatic rings. The van der Waals surface area contributed by atoms with Gasteiger partial charge < -0.3 is 10.2 Å². The van der Waals surface area contributed by atoms with Crippen LogP contribution in [0.2, 0.25) is 0 Å². The van der Waals surface area contributed by atoms with Gasteiger partial charge in [0.25, 0.3) is 0 Å². The van der Waals surface area contributed by atoms with E-state index in [1.165, 1.54) is 5.56 Å². The van der Waals surface area contributed by atoms with Gasteiger partial charge in [-0.15, -0.1) is 0 Å². The van der Waals surface area contributed by atoms with Gasteiger partial charge in [0, 0.05) is 44.3 Å². The Morgan fingerprint density at radius 3 is 2.31 bits per heavy atom. The first-order valence-corrected chi connectivity index (χ1v) is 10.6. The van der Waals surface area contributed by atoms with E-state index in [0.29, 0.717) is 12.8 Å². The van der Waals surface area contributed by atoms with Crippen LogP contribution in [0, 0.1) is 0 Å². The number of benzene rings is 2. The quantitative estimate of drug-likeness (QED) is 0.823. The van der Waals surface area contributed by atoms with Crippen molar-refractivity contribution in [3.05, 3.63) is 65.7 Å². The molecule has 0 saturated carbocycles. The van der Waals surface area contributed by atoms with Crippen LogP contribution < -0.4 is 10.2 Å². The molecule has 1 N–H and O–H groups in total. The molecular weight excluding hydrogens is 362 g/mol. The zero-order valence-corrected chi connectivity index (χ0v) is 16.8. The summed E-state index contributed by atoms with van der Waals surface area (Å²) < 4.78 is 0. The number of piperidine rings is 1. The smallest absolute Gasteiger partial charge is 0.227 e. The zero-order valence-electron chi connectivity index (χ0n) is 16.8. The molecule has 2 aliphatic heterocycles. The molecule has 0 spiro atoms. The third kappa shape index (κ3) is 5.24. The lowest BCUT2D eigenvalue weighted by Gasteiger charge is -2.32. The summed E-state index contributed by atoms with van der Waals surface area (Å²) in [4.78, 5) is 28.6. The minimum absolute atomic E-state index is 0.0801. The van der Waals surface area contributed by atoms with Crippen molar-refractivity contribution < 1.29 is 9.59 Å². The lowest BCUT2D eigenvalue weighted by molar-refractivity contribution is -0.121. The highest BCUT2D eigenvalue weighted by atomic mass is 16.2. The minimum Gasteiger partial charge on any atom is -0.353 e. The lowest BCUT2D eigenvalue weighted by atomic mass is 10.0.